The summed E-state index contributed by atoms with van der Waals surface area (Å²) in [7, 11) is 0. The second kappa shape index (κ2) is 5.96. The van der Waals surface area contributed by atoms with Crippen molar-refractivity contribution in [1.82, 2.24) is 4.98 Å². The molecule has 0 aliphatic rings. The maximum Gasteiger partial charge on any atom is 0.0932 e. The van der Waals surface area contributed by atoms with Crippen LogP contribution in [0.4, 0.5) is 0 Å². The molecule has 1 unspecified atom stereocenters. The van der Waals surface area contributed by atoms with Gasteiger partial charge < -0.3 is 5.11 Å². The Morgan fingerprint density at radius 2 is 2.00 bits per heavy atom. The molecule has 0 spiro atoms. The number of hydrogen-bond donors (Lipinski definition) is 1. The summed E-state index contributed by atoms with van der Waals surface area (Å²) in [5.74, 6) is 0.989. The number of hydrogen-bond acceptors (Lipinski definition) is 3. The van der Waals surface area contributed by atoms with Gasteiger partial charge in [-0.2, -0.15) is 0 Å². The zero-order valence-electron chi connectivity index (χ0n) is 11.7. The molecule has 0 fully saturated rings. The summed E-state index contributed by atoms with van der Waals surface area (Å²) in [6.45, 7) is 11.2. The summed E-state index contributed by atoms with van der Waals surface area (Å²) in [5, 5.41) is 12.7. The Kier molecular flexibility index (Phi) is 5.14. The Labute approximate surface area is 109 Å². The Balaban J connectivity index is 2.65. The molecule has 0 saturated carbocycles. The lowest BCUT2D eigenvalue weighted by atomic mass is 9.93. The minimum absolute atomic E-state index is 0.126. The standard InChI is InChI=1S/C14H25NOS/c1-10(2)6-11(8-16)7-13-15-12(9-17-13)14(3,4)5/h9-11,16H,6-8H2,1-5H3. The quantitative estimate of drug-likeness (QED) is 0.871. The molecular weight excluding hydrogens is 230 g/mol. The molecule has 1 rings (SSSR count). The first-order valence-electron chi connectivity index (χ1n) is 6.38. The highest BCUT2D eigenvalue weighted by atomic mass is 32.1. The fourth-order valence-electron chi connectivity index (χ4n) is 1.89. The highest BCUT2D eigenvalue weighted by Gasteiger charge is 2.19. The van der Waals surface area contributed by atoms with E-state index in [0.717, 1.165) is 17.8 Å². The van der Waals surface area contributed by atoms with Gasteiger partial charge in [0.15, 0.2) is 0 Å². The second-order valence-corrected chi connectivity index (χ2v) is 7.20. The molecule has 0 radical (unpaired) electrons. The van der Waals surface area contributed by atoms with E-state index in [9.17, 15) is 5.11 Å². The first-order valence-corrected chi connectivity index (χ1v) is 7.26. The maximum absolute atomic E-state index is 9.38. The van der Waals surface area contributed by atoms with E-state index in [0.29, 0.717) is 11.8 Å². The van der Waals surface area contributed by atoms with Gasteiger partial charge >= 0.3 is 0 Å². The number of aromatic nitrogens is 1. The lowest BCUT2D eigenvalue weighted by molar-refractivity contribution is 0.205. The number of rotatable bonds is 5. The normalized spacial score (nSPS) is 14.3. The van der Waals surface area contributed by atoms with Crippen molar-refractivity contribution in [2.45, 2.75) is 52.9 Å². The summed E-state index contributed by atoms with van der Waals surface area (Å²) in [4.78, 5) is 4.68. The van der Waals surface area contributed by atoms with Crippen LogP contribution in [0.25, 0.3) is 0 Å². The van der Waals surface area contributed by atoms with Crippen LogP contribution in [-0.2, 0) is 11.8 Å². The van der Waals surface area contributed by atoms with E-state index >= 15 is 0 Å². The zero-order chi connectivity index (χ0) is 13.1. The van der Waals surface area contributed by atoms with Crippen LogP contribution in [0.5, 0.6) is 0 Å². The van der Waals surface area contributed by atoms with Crippen molar-refractivity contribution in [2.24, 2.45) is 11.8 Å². The summed E-state index contributed by atoms with van der Waals surface area (Å²) >= 11 is 1.72. The first kappa shape index (κ1) is 14.7. The van der Waals surface area contributed by atoms with Crippen LogP contribution >= 0.6 is 11.3 Å². The predicted octanol–water partition coefficient (Wildman–Crippen LogP) is 3.64. The van der Waals surface area contributed by atoms with Gasteiger partial charge in [-0.05, 0) is 18.3 Å². The summed E-state index contributed by atoms with van der Waals surface area (Å²) in [5.41, 5.74) is 1.29. The van der Waals surface area contributed by atoms with Crippen molar-refractivity contribution in [1.29, 1.82) is 0 Å². The number of thiazole rings is 1. The molecule has 3 heteroatoms. The van der Waals surface area contributed by atoms with Gasteiger partial charge in [0.2, 0.25) is 0 Å². The monoisotopic (exact) mass is 255 g/mol. The van der Waals surface area contributed by atoms with Gasteiger partial charge in [-0.1, -0.05) is 34.6 Å². The lowest BCUT2D eigenvalue weighted by Crippen LogP contribution is -2.14. The third kappa shape index (κ3) is 4.76. The highest BCUT2D eigenvalue weighted by Crippen LogP contribution is 2.26. The van der Waals surface area contributed by atoms with E-state index in [-0.39, 0.29) is 12.0 Å². The van der Waals surface area contributed by atoms with Gasteiger partial charge in [0.05, 0.1) is 10.7 Å². The van der Waals surface area contributed by atoms with E-state index in [1.165, 1.54) is 5.69 Å². The average molecular weight is 255 g/mol. The van der Waals surface area contributed by atoms with Gasteiger partial charge in [-0.25, -0.2) is 4.98 Å². The van der Waals surface area contributed by atoms with Crippen molar-refractivity contribution in [3.63, 3.8) is 0 Å². The van der Waals surface area contributed by atoms with Crippen LogP contribution in [0.15, 0.2) is 5.38 Å². The summed E-state index contributed by atoms with van der Waals surface area (Å²) in [6, 6.07) is 0. The topological polar surface area (TPSA) is 33.1 Å². The Morgan fingerprint density at radius 3 is 2.41 bits per heavy atom. The summed E-state index contributed by atoms with van der Waals surface area (Å²) in [6.07, 6.45) is 1.98. The number of nitrogens with zero attached hydrogens (tertiary/aromatic N) is 1. The van der Waals surface area contributed by atoms with Gasteiger partial charge in [0.25, 0.3) is 0 Å². The minimum Gasteiger partial charge on any atom is -0.396 e. The average Bonchev–Trinajstić information content (AvgIpc) is 2.63. The predicted molar refractivity (Wildman–Crippen MR) is 74.5 cm³/mol. The zero-order valence-corrected chi connectivity index (χ0v) is 12.5. The van der Waals surface area contributed by atoms with E-state index in [1.54, 1.807) is 11.3 Å². The van der Waals surface area contributed by atoms with E-state index in [2.05, 4.69) is 45.0 Å². The fourth-order valence-corrected chi connectivity index (χ4v) is 3.02. The van der Waals surface area contributed by atoms with Crippen molar-refractivity contribution >= 4 is 11.3 Å². The van der Waals surface area contributed by atoms with Crippen LogP contribution in [0.2, 0.25) is 0 Å². The molecule has 17 heavy (non-hydrogen) atoms. The molecule has 0 saturated heterocycles. The fraction of sp³-hybridized carbons (Fsp3) is 0.786. The Hall–Kier alpha value is -0.410. The van der Waals surface area contributed by atoms with Crippen molar-refractivity contribution in [3.8, 4) is 0 Å². The molecule has 2 nitrogen and oxygen atoms in total. The highest BCUT2D eigenvalue weighted by molar-refractivity contribution is 7.09. The molecule has 0 aromatic carbocycles. The van der Waals surface area contributed by atoms with Gasteiger partial charge in [0.1, 0.15) is 0 Å². The third-order valence-electron chi connectivity index (χ3n) is 2.85. The maximum atomic E-state index is 9.38. The Bertz CT molecular complexity index is 338. The van der Waals surface area contributed by atoms with Crippen molar-refractivity contribution < 1.29 is 5.11 Å². The number of aliphatic hydroxyl groups is 1. The van der Waals surface area contributed by atoms with E-state index < -0.39 is 0 Å². The largest absolute Gasteiger partial charge is 0.396 e. The van der Waals surface area contributed by atoms with Crippen LogP contribution in [0.3, 0.4) is 0 Å². The molecule has 98 valence electrons. The molecule has 0 amide bonds. The van der Waals surface area contributed by atoms with Gasteiger partial charge in [0, 0.05) is 23.8 Å². The van der Waals surface area contributed by atoms with Crippen LogP contribution < -0.4 is 0 Å². The molecule has 0 aliphatic carbocycles. The Morgan fingerprint density at radius 1 is 1.35 bits per heavy atom. The van der Waals surface area contributed by atoms with Crippen LogP contribution in [0, 0.1) is 11.8 Å². The molecule has 1 aromatic rings. The first-order chi connectivity index (χ1) is 7.82. The number of aliphatic hydroxyl groups excluding tert-OH is 1. The molecule has 1 heterocycles. The van der Waals surface area contributed by atoms with Gasteiger partial charge in [-0.15, -0.1) is 11.3 Å². The molecule has 1 aromatic heterocycles. The third-order valence-corrected chi connectivity index (χ3v) is 3.72. The van der Waals surface area contributed by atoms with Crippen LogP contribution in [-0.4, -0.2) is 16.7 Å². The second-order valence-electron chi connectivity index (χ2n) is 6.26. The molecule has 1 N–H and O–H groups in total. The molecule has 0 bridgehead atoms. The molecule has 0 aliphatic heterocycles. The van der Waals surface area contributed by atoms with Crippen LogP contribution in [0.1, 0.15) is 51.7 Å². The summed E-state index contributed by atoms with van der Waals surface area (Å²) < 4.78 is 0. The van der Waals surface area contributed by atoms with Crippen molar-refractivity contribution in [2.75, 3.05) is 6.61 Å². The molecule has 1 atom stereocenters. The lowest BCUT2D eigenvalue weighted by Gasteiger charge is -2.16. The SMILES string of the molecule is CC(C)CC(CO)Cc1nc(C(C)(C)C)cs1. The van der Waals surface area contributed by atoms with E-state index in [1.807, 2.05) is 0 Å². The smallest absolute Gasteiger partial charge is 0.0932 e. The van der Waals surface area contributed by atoms with Gasteiger partial charge in [-0.3, -0.25) is 0 Å². The van der Waals surface area contributed by atoms with E-state index in [4.69, 9.17) is 0 Å². The minimum atomic E-state index is 0.126. The van der Waals surface area contributed by atoms with Crippen molar-refractivity contribution in [3.05, 3.63) is 16.1 Å². The molecular formula is C14H25NOS.